The lowest BCUT2D eigenvalue weighted by molar-refractivity contribution is -0.118. The number of aromatic nitrogens is 7. The highest BCUT2D eigenvalue weighted by atomic mass is 16.2. The molecule has 0 aliphatic carbocycles. The number of carbonyl (C=O) groups is 1. The Bertz CT molecular complexity index is 982. The van der Waals surface area contributed by atoms with Crippen molar-refractivity contribution in [3.8, 4) is 0 Å². The number of nitrogens with one attached hydrogen (secondary N) is 1. The predicted octanol–water partition coefficient (Wildman–Crippen LogP) is 1.54. The van der Waals surface area contributed by atoms with E-state index in [4.69, 9.17) is 0 Å². The van der Waals surface area contributed by atoms with E-state index in [0.717, 1.165) is 11.1 Å². The zero-order valence-corrected chi connectivity index (χ0v) is 14.3. The normalized spacial score (nSPS) is 11.9. The van der Waals surface area contributed by atoms with Crippen LogP contribution in [0.25, 0.3) is 0 Å². The monoisotopic (exact) mass is 360 g/mol. The number of benzene rings is 2. The van der Waals surface area contributed by atoms with Gasteiger partial charge in [0.05, 0.1) is 6.54 Å². The number of hydrogen-bond donors (Lipinski definition) is 1. The van der Waals surface area contributed by atoms with E-state index >= 15 is 0 Å². The second kappa shape index (κ2) is 7.56. The summed E-state index contributed by atoms with van der Waals surface area (Å²) in [5.41, 5.74) is 2.54. The Hall–Kier alpha value is -3.88. The number of rotatable bonds is 6. The van der Waals surface area contributed by atoms with Gasteiger partial charge in [-0.25, -0.2) is 14.3 Å². The number of tetrazole rings is 1. The Labute approximate surface area is 154 Å². The molecule has 2 aromatic carbocycles. The SMILES string of the molecule is O=C(Nc1ccc(Cn2cncn2)cc1)[C@@H](c1ccccc1)n1cnnn1. The van der Waals surface area contributed by atoms with E-state index in [9.17, 15) is 4.79 Å². The van der Waals surface area contributed by atoms with Gasteiger partial charge >= 0.3 is 0 Å². The molecule has 0 saturated carbocycles. The summed E-state index contributed by atoms with van der Waals surface area (Å²) in [6.45, 7) is 0.617. The van der Waals surface area contributed by atoms with E-state index in [1.807, 2.05) is 54.6 Å². The molecule has 0 aliphatic rings. The standard InChI is InChI=1S/C18H16N8O/c27-18(17(26-13-20-23-24-26)15-4-2-1-3-5-15)22-16-8-6-14(7-9-16)10-25-12-19-11-21-25/h1-9,11-13,17H,10H2,(H,22,27)/t17-/m1/s1. The maximum absolute atomic E-state index is 12.9. The lowest BCUT2D eigenvalue weighted by Crippen LogP contribution is -2.27. The van der Waals surface area contributed by atoms with Crippen LogP contribution in [0.1, 0.15) is 17.2 Å². The third kappa shape index (κ3) is 3.87. The highest BCUT2D eigenvalue weighted by Gasteiger charge is 2.23. The maximum Gasteiger partial charge on any atom is 0.253 e. The van der Waals surface area contributed by atoms with Gasteiger partial charge in [0.2, 0.25) is 0 Å². The van der Waals surface area contributed by atoms with Gasteiger partial charge in [0.15, 0.2) is 6.04 Å². The predicted molar refractivity (Wildman–Crippen MR) is 96.6 cm³/mol. The molecule has 0 unspecified atom stereocenters. The van der Waals surface area contributed by atoms with Gasteiger partial charge in [0.25, 0.3) is 5.91 Å². The van der Waals surface area contributed by atoms with Gasteiger partial charge in [-0.2, -0.15) is 5.10 Å². The maximum atomic E-state index is 12.9. The lowest BCUT2D eigenvalue weighted by Gasteiger charge is -2.16. The van der Waals surface area contributed by atoms with Crippen molar-refractivity contribution in [3.05, 3.63) is 84.7 Å². The van der Waals surface area contributed by atoms with Crippen molar-refractivity contribution in [2.75, 3.05) is 5.32 Å². The average molecular weight is 360 g/mol. The van der Waals surface area contributed by atoms with Gasteiger partial charge < -0.3 is 5.32 Å². The second-order valence-corrected chi connectivity index (χ2v) is 5.88. The van der Waals surface area contributed by atoms with Gasteiger partial charge in [-0.15, -0.1) is 5.10 Å². The summed E-state index contributed by atoms with van der Waals surface area (Å²) in [5, 5.41) is 18.2. The molecule has 0 fully saturated rings. The summed E-state index contributed by atoms with van der Waals surface area (Å²) in [6, 6.07) is 16.3. The van der Waals surface area contributed by atoms with Crippen molar-refractivity contribution in [3.63, 3.8) is 0 Å². The Morgan fingerprint density at radius 2 is 1.85 bits per heavy atom. The molecule has 27 heavy (non-hydrogen) atoms. The van der Waals surface area contributed by atoms with Crippen LogP contribution in [0, 0.1) is 0 Å². The van der Waals surface area contributed by atoms with Crippen LogP contribution < -0.4 is 5.32 Å². The van der Waals surface area contributed by atoms with E-state index in [0.29, 0.717) is 12.2 Å². The van der Waals surface area contributed by atoms with Gasteiger partial charge in [0, 0.05) is 5.69 Å². The van der Waals surface area contributed by atoms with Crippen LogP contribution in [0.15, 0.2) is 73.6 Å². The molecular formula is C18H16N8O. The fourth-order valence-electron chi connectivity index (χ4n) is 2.75. The molecule has 0 aliphatic heterocycles. The second-order valence-electron chi connectivity index (χ2n) is 5.88. The Morgan fingerprint density at radius 3 is 2.52 bits per heavy atom. The van der Waals surface area contributed by atoms with Crippen LogP contribution in [-0.2, 0) is 11.3 Å². The molecule has 4 rings (SSSR count). The largest absolute Gasteiger partial charge is 0.324 e. The molecule has 0 saturated heterocycles. The molecule has 9 nitrogen and oxygen atoms in total. The van der Waals surface area contributed by atoms with Crippen LogP contribution in [0.4, 0.5) is 5.69 Å². The lowest BCUT2D eigenvalue weighted by atomic mass is 10.1. The van der Waals surface area contributed by atoms with Crippen LogP contribution in [0.3, 0.4) is 0 Å². The first-order valence-corrected chi connectivity index (χ1v) is 8.29. The van der Waals surface area contributed by atoms with E-state index in [1.165, 1.54) is 17.3 Å². The minimum Gasteiger partial charge on any atom is -0.324 e. The summed E-state index contributed by atoms with van der Waals surface area (Å²) >= 11 is 0. The minimum absolute atomic E-state index is 0.225. The first-order chi connectivity index (χ1) is 13.3. The topological polar surface area (TPSA) is 103 Å². The van der Waals surface area contributed by atoms with Gasteiger partial charge in [0.1, 0.15) is 19.0 Å². The summed E-state index contributed by atoms with van der Waals surface area (Å²) in [6.07, 6.45) is 4.59. The molecule has 1 atom stereocenters. The molecule has 0 spiro atoms. The van der Waals surface area contributed by atoms with Crippen molar-refractivity contribution >= 4 is 11.6 Å². The van der Waals surface area contributed by atoms with Crippen molar-refractivity contribution in [1.82, 2.24) is 35.0 Å². The molecule has 4 aromatic rings. The number of anilines is 1. The van der Waals surface area contributed by atoms with E-state index in [1.54, 1.807) is 11.0 Å². The first-order valence-electron chi connectivity index (χ1n) is 8.29. The molecule has 134 valence electrons. The highest BCUT2D eigenvalue weighted by Crippen LogP contribution is 2.20. The third-order valence-electron chi connectivity index (χ3n) is 4.03. The minimum atomic E-state index is -0.656. The highest BCUT2D eigenvalue weighted by molar-refractivity contribution is 5.95. The van der Waals surface area contributed by atoms with Gasteiger partial charge in [-0.3, -0.25) is 4.79 Å². The van der Waals surface area contributed by atoms with Crippen LogP contribution in [0.2, 0.25) is 0 Å². The first kappa shape index (κ1) is 16.6. The van der Waals surface area contributed by atoms with Crippen LogP contribution in [0.5, 0.6) is 0 Å². The number of nitrogens with zero attached hydrogens (tertiary/aromatic N) is 7. The molecule has 1 amide bonds. The molecular weight excluding hydrogens is 344 g/mol. The smallest absolute Gasteiger partial charge is 0.253 e. The summed E-state index contributed by atoms with van der Waals surface area (Å²) in [5.74, 6) is -0.225. The van der Waals surface area contributed by atoms with Gasteiger partial charge in [-0.05, 0) is 33.7 Å². The number of hydrogen-bond acceptors (Lipinski definition) is 6. The molecule has 0 radical (unpaired) electrons. The molecule has 2 heterocycles. The van der Waals surface area contributed by atoms with E-state index in [-0.39, 0.29) is 5.91 Å². The fourth-order valence-corrected chi connectivity index (χ4v) is 2.75. The van der Waals surface area contributed by atoms with Crippen molar-refractivity contribution in [1.29, 1.82) is 0 Å². The van der Waals surface area contributed by atoms with Gasteiger partial charge in [-0.1, -0.05) is 42.5 Å². The third-order valence-corrected chi connectivity index (χ3v) is 4.03. The Kier molecular flexibility index (Phi) is 4.64. The van der Waals surface area contributed by atoms with Crippen molar-refractivity contribution in [2.24, 2.45) is 0 Å². The molecule has 1 N–H and O–H groups in total. The van der Waals surface area contributed by atoms with Crippen molar-refractivity contribution < 1.29 is 4.79 Å². The Balaban J connectivity index is 1.51. The summed E-state index contributed by atoms with van der Waals surface area (Å²) < 4.78 is 3.17. The molecule has 2 aromatic heterocycles. The average Bonchev–Trinajstić information content (AvgIpc) is 3.39. The number of amides is 1. The number of carbonyl (C=O) groups excluding carboxylic acids is 1. The Morgan fingerprint density at radius 1 is 1.04 bits per heavy atom. The summed E-state index contributed by atoms with van der Waals surface area (Å²) in [4.78, 5) is 16.8. The van der Waals surface area contributed by atoms with E-state index in [2.05, 4.69) is 30.9 Å². The quantitative estimate of drug-likeness (QED) is 0.559. The molecule has 0 bridgehead atoms. The van der Waals surface area contributed by atoms with E-state index < -0.39 is 6.04 Å². The molecule has 9 heteroatoms. The summed E-state index contributed by atoms with van der Waals surface area (Å²) in [7, 11) is 0. The van der Waals surface area contributed by atoms with Crippen LogP contribution in [-0.4, -0.2) is 40.9 Å². The van der Waals surface area contributed by atoms with Crippen LogP contribution >= 0.6 is 0 Å². The van der Waals surface area contributed by atoms with Crippen molar-refractivity contribution in [2.45, 2.75) is 12.6 Å². The fraction of sp³-hybridized carbons (Fsp3) is 0.111. The zero-order chi connectivity index (χ0) is 18.5. The zero-order valence-electron chi connectivity index (χ0n) is 14.3.